The Balaban J connectivity index is 1.78. The van der Waals surface area contributed by atoms with Gasteiger partial charge in [0.2, 0.25) is 5.91 Å². The van der Waals surface area contributed by atoms with Crippen LogP contribution < -0.4 is 16.6 Å². The van der Waals surface area contributed by atoms with E-state index < -0.39 is 6.04 Å². The van der Waals surface area contributed by atoms with Gasteiger partial charge in [0.15, 0.2) is 0 Å². The highest BCUT2D eigenvalue weighted by atomic mass is 16.5. The van der Waals surface area contributed by atoms with Gasteiger partial charge in [-0.25, -0.2) is 10.9 Å². The van der Waals surface area contributed by atoms with E-state index in [9.17, 15) is 4.79 Å². The summed E-state index contributed by atoms with van der Waals surface area (Å²) in [6.45, 7) is 4.18. The maximum absolute atomic E-state index is 12.9. The van der Waals surface area contributed by atoms with Crippen LogP contribution in [-0.4, -0.2) is 35.2 Å². The Morgan fingerprint density at radius 2 is 2.00 bits per heavy atom. The Labute approximate surface area is 141 Å². The Bertz CT molecular complexity index is 696. The molecule has 1 aliphatic heterocycles. The highest BCUT2D eigenvalue weighted by molar-refractivity contribution is 5.83. The number of aryl methyl sites for hydroxylation is 2. The van der Waals surface area contributed by atoms with Gasteiger partial charge in [-0.15, -0.1) is 0 Å². The van der Waals surface area contributed by atoms with Gasteiger partial charge in [-0.3, -0.25) is 4.79 Å². The van der Waals surface area contributed by atoms with Crippen LogP contribution in [0.3, 0.4) is 0 Å². The monoisotopic (exact) mass is 329 g/mol. The summed E-state index contributed by atoms with van der Waals surface area (Å²) >= 11 is 0. The van der Waals surface area contributed by atoms with Gasteiger partial charge in [0.1, 0.15) is 11.8 Å². The van der Waals surface area contributed by atoms with Crippen molar-refractivity contribution < 1.29 is 9.32 Å². The molecule has 0 bridgehead atoms. The van der Waals surface area contributed by atoms with Crippen LogP contribution in [0.2, 0.25) is 0 Å². The highest BCUT2D eigenvalue weighted by Gasteiger charge is 2.40. The summed E-state index contributed by atoms with van der Waals surface area (Å²) in [4.78, 5) is 14.6. The van der Waals surface area contributed by atoms with E-state index in [0.29, 0.717) is 6.54 Å². The second kappa shape index (κ2) is 6.72. The van der Waals surface area contributed by atoms with Crippen molar-refractivity contribution in [3.8, 4) is 0 Å². The molecule has 1 aromatic carbocycles. The minimum atomic E-state index is -0.423. The summed E-state index contributed by atoms with van der Waals surface area (Å²) in [5, 5.41) is 3.94. The van der Waals surface area contributed by atoms with Crippen molar-refractivity contribution in [1.82, 2.24) is 20.9 Å². The van der Waals surface area contributed by atoms with Crippen LogP contribution in [0.1, 0.15) is 28.5 Å². The Morgan fingerprint density at radius 3 is 2.62 bits per heavy atom. The predicted octanol–water partition coefficient (Wildman–Crippen LogP) is 0.795. The molecule has 7 nitrogen and oxygen atoms in total. The smallest absolute Gasteiger partial charge is 0.241 e. The Hall–Kier alpha value is -2.22. The summed E-state index contributed by atoms with van der Waals surface area (Å²) in [5.41, 5.74) is 15.0. The van der Waals surface area contributed by atoms with Crippen LogP contribution >= 0.6 is 0 Å². The van der Waals surface area contributed by atoms with Crippen molar-refractivity contribution in [3.05, 3.63) is 52.9 Å². The summed E-state index contributed by atoms with van der Waals surface area (Å²) in [5.74, 6) is 0.580. The van der Waals surface area contributed by atoms with Gasteiger partial charge in [0, 0.05) is 18.5 Å². The topological polar surface area (TPSA) is 96.4 Å². The van der Waals surface area contributed by atoms with Crippen LogP contribution in [0.4, 0.5) is 0 Å². The molecular formula is C17H23N5O2. The molecule has 1 fully saturated rings. The molecule has 128 valence electrons. The number of hydrogen-bond acceptors (Lipinski definition) is 6. The van der Waals surface area contributed by atoms with Gasteiger partial charge in [-0.2, -0.15) is 0 Å². The lowest BCUT2D eigenvalue weighted by Gasteiger charge is -2.25. The third-order valence-corrected chi connectivity index (χ3v) is 4.55. The third-order valence-electron chi connectivity index (χ3n) is 4.55. The van der Waals surface area contributed by atoms with Crippen LogP contribution in [0, 0.1) is 13.8 Å². The van der Waals surface area contributed by atoms with Crippen molar-refractivity contribution in [1.29, 1.82) is 0 Å². The zero-order valence-electron chi connectivity index (χ0n) is 14.1. The Kier molecular flexibility index (Phi) is 4.66. The lowest BCUT2D eigenvalue weighted by atomic mass is 9.90. The number of aromatic nitrogens is 1. The summed E-state index contributed by atoms with van der Waals surface area (Å²) < 4.78 is 5.17. The molecular weight excluding hydrogens is 306 g/mol. The number of rotatable bonds is 4. The quantitative estimate of drug-likeness (QED) is 0.768. The van der Waals surface area contributed by atoms with E-state index in [0.717, 1.165) is 22.6 Å². The molecule has 1 aliphatic rings. The van der Waals surface area contributed by atoms with E-state index in [4.69, 9.17) is 10.3 Å². The summed E-state index contributed by atoms with van der Waals surface area (Å²) in [6.07, 6.45) is -0.325. The number of nitrogens with one attached hydrogen (secondary N) is 2. The second-order valence-electron chi connectivity index (χ2n) is 6.23. The first-order chi connectivity index (χ1) is 11.5. The van der Waals surface area contributed by atoms with Crippen LogP contribution in [0.15, 0.2) is 34.9 Å². The second-order valence-corrected chi connectivity index (χ2v) is 6.23. The maximum Gasteiger partial charge on any atom is 0.241 e. The van der Waals surface area contributed by atoms with Crippen LogP contribution in [0.5, 0.6) is 0 Å². The number of hydrazine groups is 1. The zero-order chi connectivity index (χ0) is 17.3. The predicted molar refractivity (Wildman–Crippen MR) is 89.7 cm³/mol. The number of likely N-dealkylation sites (N-methyl/N-ethyl adjacent to an activating group) is 1. The van der Waals surface area contributed by atoms with Crippen molar-refractivity contribution in [3.63, 3.8) is 0 Å². The first kappa shape index (κ1) is 16.6. The maximum atomic E-state index is 12.9. The van der Waals surface area contributed by atoms with Crippen LogP contribution in [0.25, 0.3) is 0 Å². The SMILES string of the molecule is Cc1noc(C)c1CN(C)C(=O)C1NNC(N)C1c1ccccc1. The number of nitrogens with two attached hydrogens (primary N) is 1. The average molecular weight is 329 g/mol. The van der Waals surface area contributed by atoms with Gasteiger partial charge < -0.3 is 15.2 Å². The van der Waals surface area contributed by atoms with Crippen molar-refractivity contribution in [2.75, 3.05) is 7.05 Å². The molecule has 0 aliphatic carbocycles. The fourth-order valence-electron chi connectivity index (χ4n) is 3.14. The molecule has 4 N–H and O–H groups in total. The molecule has 1 aromatic heterocycles. The van der Waals surface area contributed by atoms with E-state index >= 15 is 0 Å². The fraction of sp³-hybridized carbons (Fsp3) is 0.412. The largest absolute Gasteiger partial charge is 0.361 e. The lowest BCUT2D eigenvalue weighted by molar-refractivity contribution is -0.132. The van der Waals surface area contributed by atoms with E-state index in [1.807, 2.05) is 44.2 Å². The molecule has 0 saturated carbocycles. The molecule has 2 aromatic rings. The molecule has 1 amide bonds. The van der Waals surface area contributed by atoms with E-state index in [1.165, 1.54) is 0 Å². The zero-order valence-corrected chi connectivity index (χ0v) is 14.1. The van der Waals surface area contributed by atoms with E-state index in [2.05, 4.69) is 16.0 Å². The number of benzene rings is 1. The minimum absolute atomic E-state index is 0.0238. The number of amides is 1. The van der Waals surface area contributed by atoms with Crippen molar-refractivity contribution in [2.45, 2.75) is 38.5 Å². The van der Waals surface area contributed by atoms with Gasteiger partial charge in [0.05, 0.1) is 18.4 Å². The van der Waals surface area contributed by atoms with Gasteiger partial charge in [-0.05, 0) is 19.4 Å². The van der Waals surface area contributed by atoms with Crippen molar-refractivity contribution in [2.24, 2.45) is 5.73 Å². The number of carbonyl (C=O) groups is 1. The molecule has 0 radical (unpaired) electrons. The standard InChI is InChI=1S/C17H23N5O2/c1-10-13(11(2)24-21-10)9-22(3)17(23)15-14(16(18)20-19-15)12-7-5-4-6-8-12/h4-8,14-16,19-20H,9,18H2,1-3H3. The average Bonchev–Trinajstić information content (AvgIpc) is 3.12. The molecule has 1 saturated heterocycles. The summed E-state index contributed by atoms with van der Waals surface area (Å²) in [7, 11) is 1.78. The molecule has 0 spiro atoms. The number of hydrogen-bond donors (Lipinski definition) is 3. The van der Waals surface area contributed by atoms with Gasteiger partial charge >= 0.3 is 0 Å². The Morgan fingerprint density at radius 1 is 1.29 bits per heavy atom. The van der Waals surface area contributed by atoms with E-state index in [-0.39, 0.29) is 18.0 Å². The van der Waals surface area contributed by atoms with E-state index in [1.54, 1.807) is 11.9 Å². The minimum Gasteiger partial charge on any atom is -0.361 e. The fourth-order valence-corrected chi connectivity index (χ4v) is 3.14. The highest BCUT2D eigenvalue weighted by Crippen LogP contribution is 2.26. The summed E-state index contributed by atoms with van der Waals surface area (Å²) in [6, 6.07) is 9.42. The first-order valence-electron chi connectivity index (χ1n) is 7.97. The number of carbonyl (C=O) groups excluding carboxylic acids is 1. The molecule has 7 heteroatoms. The normalized spacial score (nSPS) is 23.4. The molecule has 2 heterocycles. The third kappa shape index (κ3) is 3.06. The molecule has 24 heavy (non-hydrogen) atoms. The van der Waals surface area contributed by atoms with Gasteiger partial charge in [-0.1, -0.05) is 35.5 Å². The van der Waals surface area contributed by atoms with Crippen LogP contribution in [-0.2, 0) is 11.3 Å². The van der Waals surface area contributed by atoms with Crippen molar-refractivity contribution >= 4 is 5.91 Å². The number of nitrogens with zero attached hydrogens (tertiary/aromatic N) is 2. The van der Waals surface area contributed by atoms with Gasteiger partial charge in [0.25, 0.3) is 0 Å². The first-order valence-corrected chi connectivity index (χ1v) is 7.97. The molecule has 3 atom stereocenters. The molecule has 3 unspecified atom stereocenters. The molecule has 3 rings (SSSR count). The lowest BCUT2D eigenvalue weighted by Crippen LogP contribution is -2.45.